The molecule has 3 amide bonds. The topological polar surface area (TPSA) is 58.6 Å². The number of imide groups is 1. The summed E-state index contributed by atoms with van der Waals surface area (Å²) >= 11 is 0. The maximum atomic E-state index is 11.7. The van der Waals surface area contributed by atoms with Gasteiger partial charge in [-0.15, -0.1) is 0 Å². The highest BCUT2D eigenvalue weighted by molar-refractivity contribution is 5.96. The maximum absolute atomic E-state index is 11.7. The first kappa shape index (κ1) is 11.4. The second kappa shape index (κ2) is 4.82. The highest BCUT2D eigenvalue weighted by Gasteiger charge is 2.32. The third-order valence-electron chi connectivity index (χ3n) is 3.53. The van der Waals surface area contributed by atoms with Gasteiger partial charge in [-0.3, -0.25) is 10.1 Å². The molecule has 2 rings (SSSR count). The van der Waals surface area contributed by atoms with Gasteiger partial charge in [-0.2, -0.15) is 0 Å². The lowest BCUT2D eigenvalue weighted by Gasteiger charge is -2.38. The van der Waals surface area contributed by atoms with Crippen molar-refractivity contribution in [2.24, 2.45) is 5.92 Å². The Labute approximate surface area is 95.1 Å². The number of hydrogen-bond acceptors (Lipinski definition) is 3. The molecule has 0 aromatic rings. The zero-order valence-electron chi connectivity index (χ0n) is 9.57. The van der Waals surface area contributed by atoms with E-state index in [2.05, 4.69) is 12.2 Å². The molecule has 1 unspecified atom stereocenters. The number of urea groups is 1. The van der Waals surface area contributed by atoms with Gasteiger partial charge in [0.15, 0.2) is 0 Å². The molecule has 0 aliphatic carbocycles. The molecule has 0 bridgehead atoms. The van der Waals surface area contributed by atoms with Crippen molar-refractivity contribution in [1.82, 2.24) is 10.2 Å². The van der Waals surface area contributed by atoms with Crippen LogP contribution in [0.15, 0.2) is 0 Å². The minimum atomic E-state index is -0.241. The molecule has 0 radical (unpaired) electrons. The van der Waals surface area contributed by atoms with Crippen LogP contribution in [-0.2, 0) is 9.53 Å². The lowest BCUT2D eigenvalue weighted by molar-refractivity contribution is -0.121. The zero-order chi connectivity index (χ0) is 11.5. The van der Waals surface area contributed by atoms with Crippen molar-refractivity contribution in [2.45, 2.75) is 32.2 Å². The van der Waals surface area contributed by atoms with E-state index < -0.39 is 0 Å². The number of nitrogens with zero attached hydrogens (tertiary/aromatic N) is 1. The molecule has 0 aromatic heterocycles. The van der Waals surface area contributed by atoms with Crippen LogP contribution in [0, 0.1) is 5.92 Å². The first-order valence-electron chi connectivity index (χ1n) is 5.86. The van der Waals surface area contributed by atoms with E-state index in [1.165, 1.54) is 0 Å². The Morgan fingerprint density at radius 1 is 1.38 bits per heavy atom. The van der Waals surface area contributed by atoms with Crippen LogP contribution in [0.2, 0.25) is 0 Å². The monoisotopic (exact) mass is 226 g/mol. The van der Waals surface area contributed by atoms with Crippen molar-refractivity contribution < 1.29 is 14.3 Å². The quantitative estimate of drug-likeness (QED) is 0.755. The van der Waals surface area contributed by atoms with Gasteiger partial charge >= 0.3 is 6.03 Å². The van der Waals surface area contributed by atoms with E-state index in [1.807, 2.05) is 0 Å². The van der Waals surface area contributed by atoms with Crippen molar-refractivity contribution in [3.05, 3.63) is 0 Å². The van der Waals surface area contributed by atoms with Gasteiger partial charge in [-0.25, -0.2) is 4.79 Å². The molecule has 5 nitrogen and oxygen atoms in total. The summed E-state index contributed by atoms with van der Waals surface area (Å²) in [5.41, 5.74) is 0. The van der Waals surface area contributed by atoms with Gasteiger partial charge in [0.1, 0.15) is 0 Å². The van der Waals surface area contributed by atoms with Crippen molar-refractivity contribution in [1.29, 1.82) is 0 Å². The molecule has 90 valence electrons. The SMILES string of the molecule is CC(C1CCOCC1)N1CCC(=O)NC1=O. The predicted octanol–water partition coefficient (Wildman–Crippen LogP) is 0.743. The van der Waals surface area contributed by atoms with Crippen molar-refractivity contribution >= 4 is 11.9 Å². The molecule has 2 fully saturated rings. The Kier molecular flexibility index (Phi) is 3.43. The highest BCUT2D eigenvalue weighted by Crippen LogP contribution is 2.23. The van der Waals surface area contributed by atoms with Gasteiger partial charge in [-0.05, 0) is 25.7 Å². The maximum Gasteiger partial charge on any atom is 0.324 e. The standard InChI is InChI=1S/C11H18N2O3/c1-8(9-3-6-16-7-4-9)13-5-2-10(14)12-11(13)15/h8-9H,2-7H2,1H3,(H,12,14,15). The Bertz CT molecular complexity index is 287. The van der Waals surface area contributed by atoms with Crippen LogP contribution in [0.25, 0.3) is 0 Å². The van der Waals surface area contributed by atoms with Crippen LogP contribution in [0.5, 0.6) is 0 Å². The Morgan fingerprint density at radius 3 is 2.69 bits per heavy atom. The van der Waals surface area contributed by atoms with Crippen LogP contribution in [-0.4, -0.2) is 42.6 Å². The van der Waals surface area contributed by atoms with Gasteiger partial charge in [0.25, 0.3) is 0 Å². The van der Waals surface area contributed by atoms with Crippen molar-refractivity contribution in [3.8, 4) is 0 Å². The number of amides is 3. The molecular formula is C11H18N2O3. The van der Waals surface area contributed by atoms with E-state index in [4.69, 9.17) is 4.74 Å². The number of nitrogens with one attached hydrogen (secondary N) is 1. The average molecular weight is 226 g/mol. The van der Waals surface area contributed by atoms with Crippen LogP contribution in [0.1, 0.15) is 26.2 Å². The second-order valence-electron chi connectivity index (χ2n) is 4.49. The number of carbonyl (C=O) groups is 2. The summed E-state index contributed by atoms with van der Waals surface area (Å²) in [5, 5.41) is 2.37. The summed E-state index contributed by atoms with van der Waals surface area (Å²) < 4.78 is 5.31. The average Bonchev–Trinajstić information content (AvgIpc) is 2.29. The highest BCUT2D eigenvalue weighted by atomic mass is 16.5. The van der Waals surface area contributed by atoms with E-state index in [-0.39, 0.29) is 18.0 Å². The molecule has 2 heterocycles. The molecule has 2 aliphatic heterocycles. The van der Waals surface area contributed by atoms with Gasteiger partial charge < -0.3 is 9.64 Å². The fourth-order valence-corrected chi connectivity index (χ4v) is 2.42. The molecule has 0 spiro atoms. The third kappa shape index (κ3) is 2.35. The third-order valence-corrected chi connectivity index (χ3v) is 3.53. The molecule has 0 saturated carbocycles. The summed E-state index contributed by atoms with van der Waals surface area (Å²) in [6.07, 6.45) is 2.41. The Hall–Kier alpha value is -1.10. The number of carbonyl (C=O) groups excluding carboxylic acids is 2. The molecule has 16 heavy (non-hydrogen) atoms. The smallest absolute Gasteiger partial charge is 0.324 e. The first-order chi connectivity index (χ1) is 7.68. The van der Waals surface area contributed by atoms with Crippen molar-refractivity contribution in [3.63, 3.8) is 0 Å². The largest absolute Gasteiger partial charge is 0.381 e. The number of ether oxygens (including phenoxy) is 1. The predicted molar refractivity (Wildman–Crippen MR) is 57.9 cm³/mol. The first-order valence-corrected chi connectivity index (χ1v) is 5.86. The van der Waals surface area contributed by atoms with E-state index in [1.54, 1.807) is 4.90 Å². The van der Waals surface area contributed by atoms with E-state index >= 15 is 0 Å². The van der Waals surface area contributed by atoms with Gasteiger partial charge in [0, 0.05) is 32.2 Å². The molecule has 2 saturated heterocycles. The summed E-state index contributed by atoms with van der Waals surface area (Å²) in [6.45, 7) is 4.17. The fourth-order valence-electron chi connectivity index (χ4n) is 2.42. The molecule has 2 aliphatic rings. The summed E-state index contributed by atoms with van der Waals surface area (Å²) in [5.74, 6) is 0.327. The molecule has 0 aromatic carbocycles. The lowest BCUT2D eigenvalue weighted by atomic mass is 9.91. The van der Waals surface area contributed by atoms with Crippen LogP contribution >= 0.6 is 0 Å². The number of hydrogen-bond donors (Lipinski definition) is 1. The summed E-state index contributed by atoms with van der Waals surface area (Å²) in [6, 6.07) is -0.0489. The molecular weight excluding hydrogens is 208 g/mol. The van der Waals surface area contributed by atoms with Gasteiger partial charge in [0.05, 0.1) is 0 Å². The minimum Gasteiger partial charge on any atom is -0.381 e. The normalized spacial score (nSPS) is 25.4. The summed E-state index contributed by atoms with van der Waals surface area (Å²) in [4.78, 5) is 24.5. The van der Waals surface area contributed by atoms with Gasteiger partial charge in [-0.1, -0.05) is 0 Å². The number of rotatable bonds is 2. The summed E-state index contributed by atoms with van der Waals surface area (Å²) in [7, 11) is 0. The van der Waals surface area contributed by atoms with Crippen LogP contribution in [0.4, 0.5) is 4.79 Å². The van der Waals surface area contributed by atoms with E-state index in [0.717, 1.165) is 26.1 Å². The van der Waals surface area contributed by atoms with Crippen LogP contribution in [0.3, 0.4) is 0 Å². The molecule has 1 N–H and O–H groups in total. The van der Waals surface area contributed by atoms with Gasteiger partial charge in [0.2, 0.25) is 5.91 Å². The van der Waals surface area contributed by atoms with E-state index in [0.29, 0.717) is 18.9 Å². The Balaban J connectivity index is 1.95. The second-order valence-corrected chi connectivity index (χ2v) is 4.49. The van der Waals surface area contributed by atoms with Crippen molar-refractivity contribution in [2.75, 3.05) is 19.8 Å². The van der Waals surface area contributed by atoms with E-state index in [9.17, 15) is 9.59 Å². The van der Waals surface area contributed by atoms with Crippen LogP contribution < -0.4 is 5.32 Å². The Morgan fingerprint density at radius 2 is 2.06 bits per heavy atom. The minimum absolute atomic E-state index is 0.166. The lowest BCUT2D eigenvalue weighted by Crippen LogP contribution is -2.55. The molecule has 1 atom stereocenters. The fraction of sp³-hybridized carbons (Fsp3) is 0.818. The zero-order valence-corrected chi connectivity index (χ0v) is 9.57. The molecule has 5 heteroatoms.